The third-order valence-electron chi connectivity index (χ3n) is 7.60. The van der Waals surface area contributed by atoms with Crippen molar-refractivity contribution in [1.82, 2.24) is 49.7 Å². The molecule has 0 amide bonds. The van der Waals surface area contributed by atoms with Crippen molar-refractivity contribution in [3.05, 3.63) is 96.6 Å². The van der Waals surface area contributed by atoms with Crippen LogP contribution in [0.2, 0.25) is 5.15 Å². The normalized spacial score (nSPS) is 12.7. The van der Waals surface area contributed by atoms with Crippen molar-refractivity contribution in [2.75, 3.05) is 5.32 Å². The minimum Gasteiger partial charge on any atom is -0.323 e. The molecule has 1 aliphatic rings. The Kier molecular flexibility index (Phi) is 7.83. The highest BCUT2D eigenvalue weighted by molar-refractivity contribution is 6.29. The van der Waals surface area contributed by atoms with E-state index in [1.807, 2.05) is 83.1 Å². The van der Waals surface area contributed by atoms with Crippen molar-refractivity contribution in [3.63, 3.8) is 0 Å². The molecule has 0 unspecified atom stereocenters. The molecule has 0 saturated heterocycles. The smallest absolute Gasteiger partial charge is 0.154 e. The van der Waals surface area contributed by atoms with Gasteiger partial charge < -0.3 is 5.32 Å². The van der Waals surface area contributed by atoms with E-state index in [0.29, 0.717) is 11.1 Å². The molecule has 0 atom stereocenters. The lowest BCUT2D eigenvalue weighted by atomic mass is 10.1. The van der Waals surface area contributed by atoms with E-state index in [9.17, 15) is 0 Å². The number of rotatable bonds is 7. The molecule has 12 heteroatoms. The second kappa shape index (κ2) is 12.4. The van der Waals surface area contributed by atoms with Crippen molar-refractivity contribution < 1.29 is 0 Å². The molecular weight excluding hydrogens is 586 g/mol. The van der Waals surface area contributed by atoms with Crippen molar-refractivity contribution >= 4 is 45.3 Å². The maximum Gasteiger partial charge on any atom is 0.154 e. The first-order valence-corrected chi connectivity index (χ1v) is 15.3. The molecule has 1 N–H and O–H groups in total. The number of fused-ring (bicyclic) bond motifs is 2. The SMILES string of the molecule is CCn1cc(-c2cnc3ccc(Cl)nc3c2)cn1.CCn1cc(-c2cnc3ccc(Nc4cc(C5CC5)cnn4)nc3c2)cn1. The summed E-state index contributed by atoms with van der Waals surface area (Å²) >= 11 is 5.89. The minimum absolute atomic E-state index is 0.478. The first-order chi connectivity index (χ1) is 22.0. The lowest BCUT2D eigenvalue weighted by Crippen LogP contribution is -1.99. The molecule has 11 nitrogen and oxygen atoms in total. The summed E-state index contributed by atoms with van der Waals surface area (Å²) in [5.41, 5.74) is 8.63. The van der Waals surface area contributed by atoms with Crippen molar-refractivity contribution in [3.8, 4) is 22.3 Å². The quantitative estimate of drug-likeness (QED) is 0.187. The van der Waals surface area contributed by atoms with Crippen LogP contribution < -0.4 is 5.32 Å². The predicted molar refractivity (Wildman–Crippen MR) is 175 cm³/mol. The van der Waals surface area contributed by atoms with Crippen LogP contribution >= 0.6 is 11.6 Å². The van der Waals surface area contributed by atoms with Crippen LogP contribution in [0.15, 0.2) is 85.8 Å². The van der Waals surface area contributed by atoms with E-state index in [-0.39, 0.29) is 0 Å². The monoisotopic (exact) mass is 615 g/mol. The van der Waals surface area contributed by atoms with Crippen molar-refractivity contribution in [2.45, 2.75) is 45.7 Å². The van der Waals surface area contributed by atoms with Crippen LogP contribution in [0.5, 0.6) is 0 Å². The van der Waals surface area contributed by atoms with Gasteiger partial charge in [0.2, 0.25) is 0 Å². The lowest BCUT2D eigenvalue weighted by molar-refractivity contribution is 0.660. The first-order valence-electron chi connectivity index (χ1n) is 14.9. The van der Waals surface area contributed by atoms with Crippen LogP contribution in [0.25, 0.3) is 44.3 Å². The molecule has 7 aromatic rings. The second-order valence-corrected chi connectivity index (χ2v) is 11.2. The van der Waals surface area contributed by atoms with Gasteiger partial charge in [0.15, 0.2) is 5.82 Å². The van der Waals surface area contributed by atoms with Crippen LogP contribution in [0.3, 0.4) is 0 Å². The van der Waals surface area contributed by atoms with Crippen LogP contribution in [0.4, 0.5) is 11.6 Å². The highest BCUT2D eigenvalue weighted by atomic mass is 35.5. The number of aryl methyl sites for hydroxylation is 2. The summed E-state index contributed by atoms with van der Waals surface area (Å²) in [6, 6.07) is 13.6. The van der Waals surface area contributed by atoms with Gasteiger partial charge in [0, 0.05) is 60.1 Å². The summed E-state index contributed by atoms with van der Waals surface area (Å²) in [5, 5.41) is 20.6. The average molecular weight is 616 g/mol. The second-order valence-electron chi connectivity index (χ2n) is 10.8. The van der Waals surface area contributed by atoms with Gasteiger partial charge >= 0.3 is 0 Å². The van der Waals surface area contributed by atoms with E-state index in [0.717, 1.165) is 69.0 Å². The molecule has 7 aromatic heterocycles. The first kappa shape index (κ1) is 28.5. The topological polar surface area (TPSA) is 125 Å². The summed E-state index contributed by atoms with van der Waals surface area (Å²) in [4.78, 5) is 17.9. The highest BCUT2D eigenvalue weighted by Crippen LogP contribution is 2.40. The van der Waals surface area contributed by atoms with Crippen molar-refractivity contribution in [2.24, 2.45) is 0 Å². The third kappa shape index (κ3) is 6.48. The Morgan fingerprint density at radius 1 is 0.689 bits per heavy atom. The number of anilines is 2. The predicted octanol–water partition coefficient (Wildman–Crippen LogP) is 7.09. The van der Waals surface area contributed by atoms with Crippen LogP contribution in [-0.2, 0) is 13.1 Å². The Balaban J connectivity index is 0.000000157. The molecule has 0 radical (unpaired) electrons. The Morgan fingerprint density at radius 2 is 1.31 bits per heavy atom. The van der Waals surface area contributed by atoms with E-state index >= 15 is 0 Å². The summed E-state index contributed by atoms with van der Waals surface area (Å²) in [6.45, 7) is 5.81. The van der Waals surface area contributed by atoms with Gasteiger partial charge in [-0.2, -0.15) is 15.3 Å². The lowest BCUT2D eigenvalue weighted by Gasteiger charge is -2.07. The fraction of sp³-hybridized carbons (Fsp3) is 0.212. The summed E-state index contributed by atoms with van der Waals surface area (Å²) in [7, 11) is 0. The summed E-state index contributed by atoms with van der Waals surface area (Å²) in [6.07, 6.45) is 15.7. The van der Waals surface area contributed by atoms with Crippen LogP contribution in [0, 0.1) is 0 Å². The van der Waals surface area contributed by atoms with Crippen LogP contribution in [0.1, 0.15) is 38.2 Å². The molecule has 0 bridgehead atoms. The Bertz CT molecular complexity index is 2120. The molecule has 8 rings (SSSR count). The van der Waals surface area contributed by atoms with Gasteiger partial charge in [-0.05, 0) is 80.6 Å². The molecule has 45 heavy (non-hydrogen) atoms. The maximum atomic E-state index is 5.89. The van der Waals surface area contributed by atoms with E-state index < -0.39 is 0 Å². The Labute approximate surface area is 264 Å². The van der Waals surface area contributed by atoms with Gasteiger partial charge in [0.1, 0.15) is 11.0 Å². The number of hydrogen-bond acceptors (Lipinski definition) is 9. The van der Waals surface area contributed by atoms with E-state index in [1.54, 1.807) is 6.07 Å². The maximum absolute atomic E-state index is 5.89. The number of aromatic nitrogens is 10. The zero-order valence-electron chi connectivity index (χ0n) is 24.8. The van der Waals surface area contributed by atoms with Gasteiger partial charge in [-0.15, -0.1) is 5.10 Å². The Hall–Kier alpha value is -5.29. The fourth-order valence-electron chi connectivity index (χ4n) is 4.96. The third-order valence-corrected chi connectivity index (χ3v) is 7.81. The van der Waals surface area contributed by atoms with Gasteiger partial charge in [-0.1, -0.05) is 11.6 Å². The zero-order chi connectivity index (χ0) is 30.8. The van der Waals surface area contributed by atoms with E-state index in [1.165, 1.54) is 18.4 Å². The molecule has 0 aromatic carbocycles. The number of nitrogens with zero attached hydrogens (tertiary/aromatic N) is 10. The summed E-state index contributed by atoms with van der Waals surface area (Å²) in [5.74, 6) is 2.09. The number of nitrogens with one attached hydrogen (secondary N) is 1. The summed E-state index contributed by atoms with van der Waals surface area (Å²) < 4.78 is 3.78. The molecule has 224 valence electrons. The Morgan fingerprint density at radius 3 is 1.91 bits per heavy atom. The van der Waals surface area contributed by atoms with Gasteiger partial charge in [0.25, 0.3) is 0 Å². The largest absolute Gasteiger partial charge is 0.323 e. The highest BCUT2D eigenvalue weighted by Gasteiger charge is 2.24. The van der Waals surface area contributed by atoms with Gasteiger partial charge in [-0.25, -0.2) is 9.97 Å². The van der Waals surface area contributed by atoms with Gasteiger partial charge in [-0.3, -0.25) is 19.3 Å². The molecule has 0 aliphatic heterocycles. The molecule has 1 fully saturated rings. The van der Waals surface area contributed by atoms with E-state index in [4.69, 9.17) is 16.6 Å². The molecular formula is C33H30ClN11. The van der Waals surface area contributed by atoms with E-state index in [2.05, 4.69) is 60.6 Å². The number of pyridine rings is 4. The fourth-order valence-corrected chi connectivity index (χ4v) is 5.11. The molecule has 1 aliphatic carbocycles. The molecule has 1 saturated carbocycles. The minimum atomic E-state index is 0.478. The van der Waals surface area contributed by atoms with Gasteiger partial charge in [0.05, 0.1) is 40.7 Å². The van der Waals surface area contributed by atoms with Crippen molar-refractivity contribution in [1.29, 1.82) is 0 Å². The van der Waals surface area contributed by atoms with Crippen LogP contribution in [-0.4, -0.2) is 49.7 Å². The molecule has 0 spiro atoms. The molecule has 7 heterocycles. The standard InChI is InChI=1S/C20H19N7.C13H11ClN4/c1-2-27-12-16(11-23-27)14-7-18-17(21-9-14)5-6-19(24-18)25-20-8-15(10-22-26-20)13-3-4-13;1-2-18-8-10(7-16-18)9-5-12-11(15-6-9)3-4-13(14)17-12/h5-13H,2-4H2,1H3,(H,24,25,26);3-8H,2H2,1H3. The number of hydrogen-bond donors (Lipinski definition) is 1. The average Bonchev–Trinajstić information content (AvgIpc) is 3.61. The number of halogens is 1. The zero-order valence-corrected chi connectivity index (χ0v) is 25.6.